The lowest BCUT2D eigenvalue weighted by Crippen LogP contribution is -2.42. The number of carbonyl (C=O) groups is 2. The van der Waals surface area contributed by atoms with Crippen LogP contribution in [0.1, 0.15) is 36.8 Å². The van der Waals surface area contributed by atoms with Crippen LogP contribution in [0.25, 0.3) is 0 Å². The number of hydrogen-bond donors (Lipinski definition) is 2. The molecule has 108 valence electrons. The van der Waals surface area contributed by atoms with Gasteiger partial charge >= 0.3 is 5.97 Å². The maximum Gasteiger partial charge on any atom is 0.310 e. The van der Waals surface area contributed by atoms with E-state index >= 15 is 0 Å². The lowest BCUT2D eigenvalue weighted by molar-refractivity contribution is -0.157. The van der Waals surface area contributed by atoms with E-state index in [4.69, 9.17) is 0 Å². The number of carbonyl (C=O) groups excluding carboxylic acids is 1. The van der Waals surface area contributed by atoms with Gasteiger partial charge in [-0.15, -0.1) is 0 Å². The largest absolute Gasteiger partial charge is 0.481 e. The number of carboxylic acid groups (broad SMARTS) is 1. The van der Waals surface area contributed by atoms with E-state index in [1.165, 1.54) is 11.1 Å². The van der Waals surface area contributed by atoms with Gasteiger partial charge in [-0.25, -0.2) is 0 Å². The van der Waals surface area contributed by atoms with E-state index in [0.717, 1.165) is 12.8 Å². The second-order valence-electron chi connectivity index (χ2n) is 5.70. The molecule has 0 saturated heterocycles. The molecule has 2 rings (SSSR count). The Labute approximate surface area is 119 Å². The number of rotatable bonds is 6. The van der Waals surface area contributed by atoms with Crippen LogP contribution in [-0.4, -0.2) is 23.5 Å². The normalized spacial score (nSPS) is 16.2. The molecule has 1 fully saturated rings. The Balaban J connectivity index is 1.75. The van der Waals surface area contributed by atoms with Crippen LogP contribution in [0.2, 0.25) is 0 Å². The van der Waals surface area contributed by atoms with Crippen LogP contribution in [-0.2, 0) is 16.0 Å². The van der Waals surface area contributed by atoms with Crippen LogP contribution < -0.4 is 5.32 Å². The Morgan fingerprint density at radius 3 is 2.40 bits per heavy atom. The summed E-state index contributed by atoms with van der Waals surface area (Å²) in [6, 6.07) is 8.19. The van der Waals surface area contributed by atoms with Crippen LogP contribution in [0, 0.1) is 12.3 Å². The van der Waals surface area contributed by atoms with Gasteiger partial charge in [-0.2, -0.15) is 0 Å². The molecule has 0 heterocycles. The standard InChI is InChI=1S/C16H21NO3/c1-12-3-5-13(6-4-12)7-10-17-14(18)11-16(15(19)20)8-2-9-16/h3-6H,2,7-11H2,1H3,(H,17,18)(H,19,20). The fraction of sp³-hybridized carbons (Fsp3) is 0.500. The predicted octanol–water partition coefficient (Wildman–Crippen LogP) is 2.30. The molecule has 1 aromatic carbocycles. The van der Waals surface area contributed by atoms with E-state index in [9.17, 15) is 14.7 Å². The van der Waals surface area contributed by atoms with Crippen LogP contribution in [0.4, 0.5) is 0 Å². The molecule has 0 aliphatic heterocycles. The van der Waals surface area contributed by atoms with Crippen molar-refractivity contribution < 1.29 is 14.7 Å². The molecule has 0 unspecified atom stereocenters. The third kappa shape index (κ3) is 3.38. The summed E-state index contributed by atoms with van der Waals surface area (Å²) in [7, 11) is 0. The maximum atomic E-state index is 11.8. The molecule has 4 heteroatoms. The van der Waals surface area contributed by atoms with Crippen molar-refractivity contribution in [2.45, 2.75) is 39.0 Å². The smallest absolute Gasteiger partial charge is 0.310 e. The number of amides is 1. The highest BCUT2D eigenvalue weighted by Gasteiger charge is 2.45. The molecule has 1 amide bonds. The molecule has 0 radical (unpaired) electrons. The van der Waals surface area contributed by atoms with Gasteiger partial charge in [-0.3, -0.25) is 9.59 Å². The Morgan fingerprint density at radius 2 is 1.90 bits per heavy atom. The lowest BCUT2D eigenvalue weighted by atomic mass is 9.66. The highest BCUT2D eigenvalue weighted by Crippen LogP contribution is 2.44. The first-order chi connectivity index (χ1) is 9.52. The molecule has 2 N–H and O–H groups in total. The van der Waals surface area contributed by atoms with Crippen LogP contribution in [0.5, 0.6) is 0 Å². The van der Waals surface area contributed by atoms with Crippen molar-refractivity contribution in [3.63, 3.8) is 0 Å². The number of nitrogens with one attached hydrogen (secondary N) is 1. The zero-order chi connectivity index (χ0) is 14.6. The van der Waals surface area contributed by atoms with E-state index in [2.05, 4.69) is 5.32 Å². The number of carboxylic acids is 1. The van der Waals surface area contributed by atoms with Gasteiger partial charge in [0.25, 0.3) is 0 Å². The van der Waals surface area contributed by atoms with Gasteiger partial charge in [-0.05, 0) is 31.7 Å². The topological polar surface area (TPSA) is 66.4 Å². The average molecular weight is 275 g/mol. The minimum atomic E-state index is -0.836. The van der Waals surface area contributed by atoms with Crippen molar-refractivity contribution >= 4 is 11.9 Å². The highest BCUT2D eigenvalue weighted by molar-refractivity contribution is 5.85. The monoisotopic (exact) mass is 275 g/mol. The first-order valence-corrected chi connectivity index (χ1v) is 7.07. The number of benzene rings is 1. The van der Waals surface area contributed by atoms with Crippen molar-refractivity contribution in [2.24, 2.45) is 5.41 Å². The van der Waals surface area contributed by atoms with E-state index in [0.29, 0.717) is 19.4 Å². The summed E-state index contributed by atoms with van der Waals surface area (Å²) in [5, 5.41) is 12.0. The predicted molar refractivity (Wildman–Crippen MR) is 76.4 cm³/mol. The van der Waals surface area contributed by atoms with E-state index < -0.39 is 11.4 Å². The molecule has 0 bridgehead atoms. The third-order valence-electron chi connectivity index (χ3n) is 4.12. The first-order valence-electron chi connectivity index (χ1n) is 7.07. The summed E-state index contributed by atoms with van der Waals surface area (Å²) in [5.41, 5.74) is 1.59. The Morgan fingerprint density at radius 1 is 1.25 bits per heavy atom. The first kappa shape index (κ1) is 14.6. The van der Waals surface area contributed by atoms with Gasteiger partial charge in [0.2, 0.25) is 5.91 Å². The molecule has 0 spiro atoms. The van der Waals surface area contributed by atoms with E-state index in [1.807, 2.05) is 31.2 Å². The van der Waals surface area contributed by atoms with Gasteiger partial charge in [-0.1, -0.05) is 36.2 Å². The molecular weight excluding hydrogens is 254 g/mol. The van der Waals surface area contributed by atoms with Crippen molar-refractivity contribution in [1.29, 1.82) is 0 Å². The Hall–Kier alpha value is -1.84. The summed E-state index contributed by atoms with van der Waals surface area (Å²) in [5.74, 6) is -0.989. The fourth-order valence-electron chi connectivity index (χ4n) is 2.54. The van der Waals surface area contributed by atoms with E-state index in [-0.39, 0.29) is 12.3 Å². The highest BCUT2D eigenvalue weighted by atomic mass is 16.4. The molecule has 1 aromatic rings. The third-order valence-corrected chi connectivity index (χ3v) is 4.12. The van der Waals surface area contributed by atoms with Crippen molar-refractivity contribution in [1.82, 2.24) is 5.32 Å². The summed E-state index contributed by atoms with van der Waals surface area (Å²) in [4.78, 5) is 23.0. The SMILES string of the molecule is Cc1ccc(CCNC(=O)CC2(C(=O)O)CCC2)cc1. The molecule has 4 nitrogen and oxygen atoms in total. The number of aliphatic carboxylic acids is 1. The Bertz CT molecular complexity index is 489. The van der Waals surface area contributed by atoms with E-state index in [1.54, 1.807) is 0 Å². The molecule has 1 aliphatic carbocycles. The van der Waals surface area contributed by atoms with Gasteiger partial charge < -0.3 is 10.4 Å². The van der Waals surface area contributed by atoms with Crippen molar-refractivity contribution in [3.8, 4) is 0 Å². The summed E-state index contributed by atoms with van der Waals surface area (Å²) in [6.45, 7) is 2.59. The molecular formula is C16H21NO3. The quantitative estimate of drug-likeness (QED) is 0.837. The van der Waals surface area contributed by atoms with Crippen molar-refractivity contribution in [2.75, 3.05) is 6.54 Å². The maximum absolute atomic E-state index is 11.8. The minimum absolute atomic E-state index is 0.107. The second-order valence-corrected chi connectivity index (χ2v) is 5.70. The van der Waals surface area contributed by atoms with Gasteiger partial charge in [0.15, 0.2) is 0 Å². The van der Waals surface area contributed by atoms with Crippen LogP contribution >= 0.6 is 0 Å². The van der Waals surface area contributed by atoms with Crippen LogP contribution in [0.3, 0.4) is 0 Å². The molecule has 0 aromatic heterocycles. The number of hydrogen-bond acceptors (Lipinski definition) is 2. The average Bonchev–Trinajstić information content (AvgIpc) is 2.36. The molecule has 20 heavy (non-hydrogen) atoms. The fourth-order valence-corrected chi connectivity index (χ4v) is 2.54. The van der Waals surface area contributed by atoms with Crippen LogP contribution in [0.15, 0.2) is 24.3 Å². The molecule has 0 atom stereocenters. The van der Waals surface area contributed by atoms with Gasteiger partial charge in [0.05, 0.1) is 5.41 Å². The zero-order valence-corrected chi connectivity index (χ0v) is 11.8. The Kier molecular flexibility index (Phi) is 4.42. The van der Waals surface area contributed by atoms with Crippen molar-refractivity contribution in [3.05, 3.63) is 35.4 Å². The summed E-state index contributed by atoms with van der Waals surface area (Å²) < 4.78 is 0. The minimum Gasteiger partial charge on any atom is -0.481 e. The second kappa shape index (κ2) is 6.07. The number of aryl methyl sites for hydroxylation is 1. The van der Waals surface area contributed by atoms with Gasteiger partial charge in [0, 0.05) is 13.0 Å². The lowest BCUT2D eigenvalue weighted by Gasteiger charge is -2.36. The zero-order valence-electron chi connectivity index (χ0n) is 11.8. The molecule has 1 aliphatic rings. The molecule has 1 saturated carbocycles. The summed E-state index contributed by atoms with van der Waals surface area (Å²) in [6.07, 6.45) is 3.02. The van der Waals surface area contributed by atoms with Gasteiger partial charge in [0.1, 0.15) is 0 Å². The summed E-state index contributed by atoms with van der Waals surface area (Å²) >= 11 is 0.